The van der Waals surface area contributed by atoms with E-state index in [-0.39, 0.29) is 5.82 Å². The fraction of sp³-hybridized carbons (Fsp3) is 0.0833. The molecule has 17 heavy (non-hydrogen) atoms. The molecule has 0 radical (unpaired) electrons. The molecular weight excluding hydrogens is 300 g/mol. The van der Waals surface area contributed by atoms with Gasteiger partial charge in [-0.05, 0) is 32.7 Å². The lowest BCUT2D eigenvalue weighted by Crippen LogP contribution is -1.82. The van der Waals surface area contributed by atoms with Crippen molar-refractivity contribution in [2.45, 2.75) is 10.6 Å². The van der Waals surface area contributed by atoms with Gasteiger partial charge >= 0.3 is 0 Å². The molecule has 0 atom stereocenters. The second kappa shape index (κ2) is 5.93. The fourth-order valence-electron chi connectivity index (χ4n) is 1.32. The van der Waals surface area contributed by atoms with Crippen LogP contribution in [0.4, 0.5) is 5.82 Å². The van der Waals surface area contributed by atoms with E-state index in [1.54, 1.807) is 18.0 Å². The van der Waals surface area contributed by atoms with Crippen molar-refractivity contribution in [2.75, 3.05) is 0 Å². The Labute approximate surface area is 112 Å². The summed E-state index contributed by atoms with van der Waals surface area (Å²) in [7, 11) is 0. The molecule has 0 saturated carbocycles. The van der Waals surface area contributed by atoms with E-state index in [1.165, 1.54) is 5.56 Å². The van der Waals surface area contributed by atoms with Crippen molar-refractivity contribution in [3.8, 4) is 0 Å². The van der Waals surface area contributed by atoms with Gasteiger partial charge in [-0.3, -0.25) is 0 Å². The van der Waals surface area contributed by atoms with E-state index in [0.717, 1.165) is 15.1 Å². The van der Waals surface area contributed by atoms with Crippen LogP contribution in [0.25, 0.3) is 0 Å². The summed E-state index contributed by atoms with van der Waals surface area (Å²) < 4.78 is 0.848. The maximum absolute atomic E-state index is 10.6. The first kappa shape index (κ1) is 12.3. The Morgan fingerprint density at radius 1 is 1.29 bits per heavy atom. The van der Waals surface area contributed by atoms with Crippen molar-refractivity contribution in [1.29, 1.82) is 0 Å². The highest BCUT2D eigenvalue weighted by molar-refractivity contribution is 9.10. The van der Waals surface area contributed by atoms with Gasteiger partial charge in [0, 0.05) is 16.4 Å². The highest BCUT2D eigenvalue weighted by Crippen LogP contribution is 2.32. The summed E-state index contributed by atoms with van der Waals surface area (Å²) in [6.07, 6.45) is 1.57. The third kappa shape index (κ3) is 3.38. The second-order valence-electron chi connectivity index (χ2n) is 3.34. The number of nitrogens with zero attached hydrogens (tertiary/aromatic N) is 2. The van der Waals surface area contributed by atoms with Crippen molar-refractivity contribution in [3.63, 3.8) is 0 Å². The number of halogens is 1. The van der Waals surface area contributed by atoms with Gasteiger partial charge in [0.2, 0.25) is 5.82 Å². The highest BCUT2D eigenvalue weighted by atomic mass is 79.9. The Bertz CT molecular complexity index is 519. The summed E-state index contributed by atoms with van der Waals surface area (Å²) in [6.45, 7) is 0. The van der Waals surface area contributed by atoms with E-state index in [9.17, 15) is 4.91 Å². The van der Waals surface area contributed by atoms with Gasteiger partial charge in [0.1, 0.15) is 0 Å². The van der Waals surface area contributed by atoms with E-state index in [4.69, 9.17) is 0 Å². The molecule has 1 heterocycles. The minimum Gasteiger partial charge on any atom is -0.232 e. The van der Waals surface area contributed by atoms with Crippen LogP contribution in [0.5, 0.6) is 0 Å². The topological polar surface area (TPSA) is 42.3 Å². The minimum absolute atomic E-state index is 0.245. The number of pyridine rings is 1. The quantitative estimate of drug-likeness (QED) is 0.615. The monoisotopic (exact) mass is 308 g/mol. The maximum atomic E-state index is 10.6. The number of thioether (sulfide) groups is 1. The van der Waals surface area contributed by atoms with Crippen LogP contribution in [0.2, 0.25) is 0 Å². The molecule has 2 rings (SSSR count). The molecule has 0 aliphatic rings. The molecule has 0 unspecified atom stereocenters. The lowest BCUT2D eigenvalue weighted by atomic mass is 10.2. The van der Waals surface area contributed by atoms with Crippen LogP contribution in [-0.4, -0.2) is 4.98 Å². The predicted molar refractivity (Wildman–Crippen MR) is 73.4 cm³/mol. The minimum atomic E-state index is 0.245. The van der Waals surface area contributed by atoms with Crippen molar-refractivity contribution in [1.82, 2.24) is 4.98 Å². The molecule has 0 amide bonds. The molecule has 0 spiro atoms. The average molecular weight is 309 g/mol. The zero-order valence-corrected chi connectivity index (χ0v) is 11.2. The van der Waals surface area contributed by atoms with E-state index in [0.29, 0.717) is 0 Å². The van der Waals surface area contributed by atoms with Gasteiger partial charge in [-0.25, -0.2) is 4.98 Å². The predicted octanol–water partition coefficient (Wildman–Crippen LogP) is 4.53. The normalized spacial score (nSPS) is 10.2. The zero-order chi connectivity index (χ0) is 12.1. The third-order valence-corrected chi connectivity index (χ3v) is 3.65. The van der Waals surface area contributed by atoms with Gasteiger partial charge in [-0.15, -0.1) is 16.7 Å². The molecule has 86 valence electrons. The molecule has 0 N–H and O–H groups in total. The second-order valence-corrected chi connectivity index (χ2v) is 5.27. The number of aromatic nitrogens is 1. The van der Waals surface area contributed by atoms with Crippen LogP contribution in [0.1, 0.15) is 5.56 Å². The number of hydrogen-bond donors (Lipinski definition) is 0. The van der Waals surface area contributed by atoms with Gasteiger partial charge in [0.15, 0.2) is 0 Å². The smallest absolute Gasteiger partial charge is 0.210 e. The van der Waals surface area contributed by atoms with Gasteiger partial charge in [-0.1, -0.05) is 30.3 Å². The molecule has 2 aromatic rings. The van der Waals surface area contributed by atoms with Crippen LogP contribution in [-0.2, 0) is 5.75 Å². The van der Waals surface area contributed by atoms with Gasteiger partial charge < -0.3 is 0 Å². The van der Waals surface area contributed by atoms with Crippen LogP contribution < -0.4 is 0 Å². The first-order valence-electron chi connectivity index (χ1n) is 4.95. The Kier molecular flexibility index (Phi) is 4.28. The van der Waals surface area contributed by atoms with E-state index in [1.807, 2.05) is 36.4 Å². The van der Waals surface area contributed by atoms with Gasteiger partial charge in [-0.2, -0.15) is 0 Å². The lowest BCUT2D eigenvalue weighted by molar-refractivity contribution is 1.17. The van der Waals surface area contributed by atoms with Crippen molar-refractivity contribution < 1.29 is 0 Å². The molecule has 0 aliphatic heterocycles. The van der Waals surface area contributed by atoms with Gasteiger partial charge in [0.25, 0.3) is 0 Å². The van der Waals surface area contributed by atoms with Crippen LogP contribution in [0.15, 0.2) is 57.1 Å². The Morgan fingerprint density at radius 2 is 2.06 bits per heavy atom. The maximum Gasteiger partial charge on any atom is 0.210 e. The number of rotatable bonds is 4. The van der Waals surface area contributed by atoms with Crippen molar-refractivity contribution >= 4 is 33.5 Å². The lowest BCUT2D eigenvalue weighted by Gasteiger charge is -2.03. The summed E-state index contributed by atoms with van der Waals surface area (Å²) >= 11 is 4.88. The first-order valence-corrected chi connectivity index (χ1v) is 6.73. The number of nitroso groups, excluding NO2 is 1. The number of hydrogen-bond acceptors (Lipinski definition) is 4. The van der Waals surface area contributed by atoms with E-state index < -0.39 is 0 Å². The largest absolute Gasteiger partial charge is 0.232 e. The molecule has 1 aromatic heterocycles. The molecule has 0 aliphatic carbocycles. The van der Waals surface area contributed by atoms with E-state index >= 15 is 0 Å². The summed E-state index contributed by atoms with van der Waals surface area (Å²) in [6, 6.07) is 11.9. The van der Waals surface area contributed by atoms with Crippen LogP contribution in [0, 0.1) is 4.91 Å². The highest BCUT2D eigenvalue weighted by Gasteiger charge is 2.06. The summed E-state index contributed by atoms with van der Waals surface area (Å²) in [5.74, 6) is 1.04. The molecular formula is C12H9BrN2OS. The zero-order valence-electron chi connectivity index (χ0n) is 8.84. The molecule has 1 aromatic carbocycles. The average Bonchev–Trinajstić information content (AvgIpc) is 2.38. The Balaban J connectivity index is 2.13. The fourth-order valence-corrected chi connectivity index (χ4v) is 2.75. The van der Waals surface area contributed by atoms with Gasteiger partial charge in [0.05, 0.1) is 4.90 Å². The van der Waals surface area contributed by atoms with Crippen molar-refractivity contribution in [2.24, 2.45) is 5.18 Å². The summed E-state index contributed by atoms with van der Waals surface area (Å²) in [4.78, 5) is 15.4. The van der Waals surface area contributed by atoms with E-state index in [2.05, 4.69) is 26.1 Å². The standard InChI is InChI=1S/C12H9BrN2OS/c13-10-6-11(12(15-16)14-7-10)17-8-9-4-2-1-3-5-9/h1-7H,8H2. The molecule has 0 saturated heterocycles. The summed E-state index contributed by atoms with van der Waals surface area (Å²) in [5.41, 5.74) is 1.20. The molecule has 0 bridgehead atoms. The molecule has 3 nitrogen and oxygen atoms in total. The summed E-state index contributed by atoms with van der Waals surface area (Å²) in [5, 5.41) is 2.92. The Morgan fingerprint density at radius 3 is 2.76 bits per heavy atom. The molecule has 0 fully saturated rings. The molecule has 5 heteroatoms. The first-order chi connectivity index (χ1) is 8.29. The Hall–Kier alpha value is -1.20. The van der Waals surface area contributed by atoms with Crippen LogP contribution in [0.3, 0.4) is 0 Å². The number of benzene rings is 1. The SMILES string of the molecule is O=Nc1ncc(Br)cc1SCc1ccccc1. The van der Waals surface area contributed by atoms with Crippen LogP contribution >= 0.6 is 27.7 Å². The third-order valence-electron chi connectivity index (χ3n) is 2.12. The van der Waals surface area contributed by atoms with Crippen molar-refractivity contribution in [3.05, 3.63) is 57.5 Å².